The highest BCUT2D eigenvalue weighted by Crippen LogP contribution is 2.25. The Balaban J connectivity index is 2.85. The van der Waals surface area contributed by atoms with Crippen molar-refractivity contribution in [3.05, 3.63) is 33.1 Å². The van der Waals surface area contributed by atoms with E-state index in [4.69, 9.17) is 0 Å². The van der Waals surface area contributed by atoms with Crippen molar-refractivity contribution in [2.24, 2.45) is 0 Å². The molecule has 5 nitrogen and oxygen atoms in total. The van der Waals surface area contributed by atoms with Crippen molar-refractivity contribution < 1.29 is 10.0 Å². The normalized spacial score (nSPS) is 12.4. The zero-order chi connectivity index (χ0) is 13.7. The second kappa shape index (κ2) is 6.44. The fraction of sp³-hybridized carbons (Fsp3) is 0.615. The molecule has 0 saturated heterocycles. The predicted molar refractivity (Wildman–Crippen MR) is 69.6 cm³/mol. The van der Waals surface area contributed by atoms with Gasteiger partial charge in [0.05, 0.1) is 16.7 Å². The topological polar surface area (TPSA) is 76.3 Å². The van der Waals surface area contributed by atoms with Gasteiger partial charge in [0.1, 0.15) is 0 Å². The largest absolute Gasteiger partial charge is 0.393 e. The molecule has 0 amide bonds. The van der Waals surface area contributed by atoms with E-state index in [9.17, 15) is 15.2 Å². The average molecular weight is 252 g/mol. The zero-order valence-corrected chi connectivity index (χ0v) is 11.1. The van der Waals surface area contributed by atoms with Crippen LogP contribution in [0.1, 0.15) is 43.0 Å². The van der Waals surface area contributed by atoms with Crippen LogP contribution in [-0.2, 0) is 6.42 Å². The van der Waals surface area contributed by atoms with Gasteiger partial charge in [0, 0.05) is 17.3 Å². The molecule has 1 N–H and O–H groups in total. The molecule has 0 spiro atoms. The Hall–Kier alpha value is -1.49. The number of aliphatic hydroxyl groups is 1. The van der Waals surface area contributed by atoms with Crippen molar-refractivity contribution in [3.8, 4) is 0 Å². The minimum Gasteiger partial charge on any atom is -0.393 e. The lowest BCUT2D eigenvalue weighted by Crippen LogP contribution is -2.09. The van der Waals surface area contributed by atoms with Gasteiger partial charge in [-0.15, -0.1) is 0 Å². The summed E-state index contributed by atoms with van der Waals surface area (Å²) in [5.74, 6) is 0. The molecule has 18 heavy (non-hydrogen) atoms. The molecule has 0 fully saturated rings. The molecule has 1 aromatic heterocycles. The third kappa shape index (κ3) is 3.50. The number of nitrogens with zero attached hydrogens (tertiary/aromatic N) is 2. The van der Waals surface area contributed by atoms with Gasteiger partial charge in [0.15, 0.2) is 0 Å². The first kappa shape index (κ1) is 14.6. The lowest BCUT2D eigenvalue weighted by Gasteiger charge is -2.10. The lowest BCUT2D eigenvalue weighted by atomic mass is 10.0. The third-order valence-corrected chi connectivity index (χ3v) is 3.09. The van der Waals surface area contributed by atoms with Crippen LogP contribution in [0.25, 0.3) is 0 Å². The maximum Gasteiger partial charge on any atom is 0.278 e. The van der Waals surface area contributed by atoms with Crippen molar-refractivity contribution in [1.82, 2.24) is 4.98 Å². The SMILES string of the molecule is CCCC(O)CCc1ncc(C)c([N+](=O)[O-])c1C. The van der Waals surface area contributed by atoms with Gasteiger partial charge in [-0.25, -0.2) is 0 Å². The van der Waals surface area contributed by atoms with Crippen LogP contribution in [0.15, 0.2) is 6.20 Å². The van der Waals surface area contributed by atoms with Gasteiger partial charge < -0.3 is 5.11 Å². The van der Waals surface area contributed by atoms with E-state index >= 15 is 0 Å². The molecule has 100 valence electrons. The Morgan fingerprint density at radius 3 is 2.67 bits per heavy atom. The Kier molecular flexibility index (Phi) is 5.22. The van der Waals surface area contributed by atoms with E-state index in [0.717, 1.165) is 12.8 Å². The first-order valence-electron chi connectivity index (χ1n) is 6.24. The Morgan fingerprint density at radius 1 is 1.44 bits per heavy atom. The second-order valence-electron chi connectivity index (χ2n) is 4.60. The molecular weight excluding hydrogens is 232 g/mol. The Bertz CT molecular complexity index is 432. The van der Waals surface area contributed by atoms with Gasteiger partial charge in [-0.05, 0) is 33.1 Å². The number of aromatic nitrogens is 1. The van der Waals surface area contributed by atoms with Crippen LogP contribution < -0.4 is 0 Å². The van der Waals surface area contributed by atoms with Crippen LogP contribution in [0, 0.1) is 24.0 Å². The Labute approximate surface area is 107 Å². The summed E-state index contributed by atoms with van der Waals surface area (Å²) in [5, 5.41) is 20.6. The van der Waals surface area contributed by atoms with E-state index in [1.807, 2.05) is 6.92 Å². The molecular formula is C13H20N2O3. The number of nitro groups is 1. The van der Waals surface area contributed by atoms with E-state index in [1.165, 1.54) is 6.20 Å². The highest BCUT2D eigenvalue weighted by Gasteiger charge is 2.18. The molecule has 1 rings (SSSR count). The quantitative estimate of drug-likeness (QED) is 0.623. The summed E-state index contributed by atoms with van der Waals surface area (Å²) in [5.41, 5.74) is 2.05. The highest BCUT2D eigenvalue weighted by molar-refractivity contribution is 5.47. The summed E-state index contributed by atoms with van der Waals surface area (Å²) in [6.45, 7) is 5.43. The van der Waals surface area contributed by atoms with Crippen LogP contribution in [-0.4, -0.2) is 21.1 Å². The highest BCUT2D eigenvalue weighted by atomic mass is 16.6. The van der Waals surface area contributed by atoms with Gasteiger partial charge in [0.2, 0.25) is 0 Å². The molecule has 0 radical (unpaired) electrons. The van der Waals surface area contributed by atoms with Crippen LogP contribution in [0.4, 0.5) is 5.69 Å². The molecule has 0 aliphatic heterocycles. The van der Waals surface area contributed by atoms with Gasteiger partial charge >= 0.3 is 0 Å². The fourth-order valence-corrected chi connectivity index (χ4v) is 2.08. The number of pyridine rings is 1. The van der Waals surface area contributed by atoms with Crippen molar-refractivity contribution >= 4 is 5.69 Å². The van der Waals surface area contributed by atoms with E-state index in [-0.39, 0.29) is 16.7 Å². The van der Waals surface area contributed by atoms with Gasteiger partial charge in [-0.3, -0.25) is 15.1 Å². The molecule has 5 heteroatoms. The van der Waals surface area contributed by atoms with E-state index in [2.05, 4.69) is 4.98 Å². The molecule has 1 heterocycles. The van der Waals surface area contributed by atoms with E-state index in [1.54, 1.807) is 13.8 Å². The first-order valence-corrected chi connectivity index (χ1v) is 6.24. The van der Waals surface area contributed by atoms with Crippen molar-refractivity contribution in [2.75, 3.05) is 0 Å². The molecule has 1 unspecified atom stereocenters. The minimum absolute atomic E-state index is 0.144. The number of aliphatic hydroxyl groups excluding tert-OH is 1. The number of hydrogen-bond donors (Lipinski definition) is 1. The molecule has 0 aliphatic carbocycles. The van der Waals surface area contributed by atoms with Crippen molar-refractivity contribution in [2.45, 2.75) is 52.6 Å². The van der Waals surface area contributed by atoms with Gasteiger partial charge in [-0.1, -0.05) is 13.3 Å². The van der Waals surface area contributed by atoms with Gasteiger partial charge in [-0.2, -0.15) is 0 Å². The zero-order valence-electron chi connectivity index (χ0n) is 11.1. The van der Waals surface area contributed by atoms with Gasteiger partial charge in [0.25, 0.3) is 5.69 Å². The average Bonchev–Trinajstić information content (AvgIpc) is 2.28. The van der Waals surface area contributed by atoms with Crippen molar-refractivity contribution in [1.29, 1.82) is 0 Å². The van der Waals surface area contributed by atoms with E-state index in [0.29, 0.717) is 29.7 Å². The van der Waals surface area contributed by atoms with E-state index < -0.39 is 0 Å². The first-order chi connectivity index (χ1) is 8.47. The van der Waals surface area contributed by atoms with Crippen LogP contribution in [0.5, 0.6) is 0 Å². The molecule has 1 aromatic rings. The standard InChI is InChI=1S/C13H20N2O3/c1-4-5-11(16)6-7-12-10(3)13(15(17)18)9(2)8-14-12/h8,11,16H,4-7H2,1-3H3. The maximum absolute atomic E-state index is 11.0. The van der Waals surface area contributed by atoms with Crippen LogP contribution >= 0.6 is 0 Å². The summed E-state index contributed by atoms with van der Waals surface area (Å²) in [6, 6.07) is 0. The summed E-state index contributed by atoms with van der Waals surface area (Å²) in [7, 11) is 0. The molecule has 0 saturated carbocycles. The smallest absolute Gasteiger partial charge is 0.278 e. The summed E-state index contributed by atoms with van der Waals surface area (Å²) < 4.78 is 0. The molecule has 0 aromatic carbocycles. The summed E-state index contributed by atoms with van der Waals surface area (Å²) in [6.07, 6.45) is 4.05. The molecule has 0 aliphatic rings. The Morgan fingerprint density at radius 2 is 2.11 bits per heavy atom. The third-order valence-electron chi connectivity index (χ3n) is 3.09. The van der Waals surface area contributed by atoms with Crippen LogP contribution in [0.2, 0.25) is 0 Å². The van der Waals surface area contributed by atoms with Crippen molar-refractivity contribution in [3.63, 3.8) is 0 Å². The maximum atomic E-state index is 11.0. The van der Waals surface area contributed by atoms with Crippen LogP contribution in [0.3, 0.4) is 0 Å². The molecule has 1 atom stereocenters. The number of aryl methyl sites for hydroxylation is 2. The summed E-state index contributed by atoms with van der Waals surface area (Å²) in [4.78, 5) is 14.8. The monoisotopic (exact) mass is 252 g/mol. The fourth-order valence-electron chi connectivity index (χ4n) is 2.08. The lowest BCUT2D eigenvalue weighted by molar-refractivity contribution is -0.386. The molecule has 0 bridgehead atoms. The number of rotatable bonds is 6. The number of hydrogen-bond acceptors (Lipinski definition) is 4. The minimum atomic E-state index is -0.363. The predicted octanol–water partition coefficient (Wildman–Crippen LogP) is 2.70. The summed E-state index contributed by atoms with van der Waals surface area (Å²) >= 11 is 0. The second-order valence-corrected chi connectivity index (χ2v) is 4.60.